The molecule has 30 heavy (non-hydrogen) atoms. The topological polar surface area (TPSA) is 93.5 Å². The van der Waals surface area contributed by atoms with Crippen molar-refractivity contribution in [2.75, 3.05) is 13.6 Å². The molecule has 9 heteroatoms. The van der Waals surface area contributed by atoms with E-state index in [9.17, 15) is 18.8 Å². The second-order valence-electron chi connectivity index (χ2n) is 7.09. The average molecular weight is 429 g/mol. The van der Waals surface area contributed by atoms with Crippen molar-refractivity contribution in [1.82, 2.24) is 15.1 Å². The van der Waals surface area contributed by atoms with Gasteiger partial charge in [0, 0.05) is 24.2 Å². The number of likely N-dealkylation sites (N-methyl/N-ethyl adjacent to an activating group) is 1. The predicted octanol–water partition coefficient (Wildman–Crippen LogP) is 2.78. The van der Waals surface area contributed by atoms with Gasteiger partial charge in [0.2, 0.25) is 5.91 Å². The van der Waals surface area contributed by atoms with Gasteiger partial charge in [-0.05, 0) is 36.8 Å². The van der Waals surface area contributed by atoms with Crippen LogP contribution in [0.4, 0.5) is 9.18 Å². The number of nitrogens with one attached hydrogen (secondary N) is 1. The third kappa shape index (κ3) is 3.84. The van der Waals surface area contributed by atoms with Crippen molar-refractivity contribution >= 4 is 29.4 Å². The molecule has 7 nitrogen and oxygen atoms in total. The van der Waals surface area contributed by atoms with Crippen molar-refractivity contribution in [2.24, 2.45) is 0 Å². The summed E-state index contributed by atoms with van der Waals surface area (Å²) in [5.41, 5.74) is -0.311. The van der Waals surface area contributed by atoms with E-state index in [0.29, 0.717) is 11.1 Å². The molecule has 3 rings (SSSR count). The molecule has 2 aromatic carbocycles. The van der Waals surface area contributed by atoms with Crippen LogP contribution in [0.15, 0.2) is 42.5 Å². The van der Waals surface area contributed by atoms with Gasteiger partial charge in [0.1, 0.15) is 17.9 Å². The molecule has 2 aromatic rings. The second-order valence-corrected chi connectivity index (χ2v) is 7.49. The van der Waals surface area contributed by atoms with Crippen molar-refractivity contribution < 1.29 is 18.8 Å². The summed E-state index contributed by atoms with van der Waals surface area (Å²) in [4.78, 5) is 40.0. The summed E-state index contributed by atoms with van der Waals surface area (Å²) in [5, 5.41) is 11.7. The maximum absolute atomic E-state index is 14.0. The standard InChI is InChI=1S/C21H18ClFN4O3/c1-21(14-8-6-13(10-24)7-9-14)19(29)27(20(30)25-21)12-18(28)26(2)11-15-16(22)4-3-5-17(15)23/h3-9H,11-12H2,1-2H3,(H,25,30). The summed E-state index contributed by atoms with van der Waals surface area (Å²) in [6.45, 7) is 0.919. The van der Waals surface area contributed by atoms with E-state index in [1.54, 1.807) is 24.3 Å². The fourth-order valence-electron chi connectivity index (χ4n) is 3.18. The largest absolute Gasteiger partial charge is 0.340 e. The lowest BCUT2D eigenvalue weighted by atomic mass is 9.91. The molecule has 0 saturated carbocycles. The first-order chi connectivity index (χ1) is 14.2. The van der Waals surface area contributed by atoms with Gasteiger partial charge in [-0.15, -0.1) is 0 Å². The summed E-state index contributed by atoms with van der Waals surface area (Å²) in [6, 6.07) is 11.7. The minimum Gasteiger partial charge on any atom is -0.340 e. The van der Waals surface area contributed by atoms with Crippen LogP contribution in [0.25, 0.3) is 0 Å². The van der Waals surface area contributed by atoms with E-state index < -0.39 is 35.7 Å². The van der Waals surface area contributed by atoms with Crippen LogP contribution in [0.3, 0.4) is 0 Å². The van der Waals surface area contributed by atoms with Gasteiger partial charge in [-0.25, -0.2) is 9.18 Å². The number of hydrogen-bond donors (Lipinski definition) is 1. The molecular weight excluding hydrogens is 411 g/mol. The van der Waals surface area contributed by atoms with Gasteiger partial charge in [-0.2, -0.15) is 5.26 Å². The first-order valence-electron chi connectivity index (χ1n) is 8.99. The van der Waals surface area contributed by atoms with Gasteiger partial charge in [0.25, 0.3) is 5.91 Å². The lowest BCUT2D eigenvalue weighted by Crippen LogP contribution is -2.43. The van der Waals surface area contributed by atoms with E-state index in [4.69, 9.17) is 16.9 Å². The van der Waals surface area contributed by atoms with Crippen LogP contribution in [-0.2, 0) is 21.7 Å². The number of carbonyl (C=O) groups excluding carboxylic acids is 3. The number of hydrogen-bond acceptors (Lipinski definition) is 4. The zero-order valence-electron chi connectivity index (χ0n) is 16.3. The molecular formula is C21H18ClFN4O3. The number of urea groups is 1. The van der Waals surface area contributed by atoms with E-state index in [0.717, 1.165) is 4.90 Å². The molecule has 0 aliphatic carbocycles. The highest BCUT2D eigenvalue weighted by molar-refractivity contribution is 6.31. The SMILES string of the molecule is CN(Cc1c(F)cccc1Cl)C(=O)CN1C(=O)NC(C)(c2ccc(C#N)cc2)C1=O. The molecule has 0 radical (unpaired) electrons. The minimum absolute atomic E-state index is 0.110. The Morgan fingerprint density at radius 2 is 1.93 bits per heavy atom. The summed E-state index contributed by atoms with van der Waals surface area (Å²) < 4.78 is 14.0. The van der Waals surface area contributed by atoms with Gasteiger partial charge in [-0.1, -0.05) is 29.8 Å². The molecule has 154 valence electrons. The maximum atomic E-state index is 14.0. The Hall–Kier alpha value is -3.44. The Morgan fingerprint density at radius 1 is 1.27 bits per heavy atom. The monoisotopic (exact) mass is 428 g/mol. The number of imide groups is 1. The fraction of sp³-hybridized carbons (Fsp3) is 0.238. The van der Waals surface area contributed by atoms with E-state index >= 15 is 0 Å². The van der Waals surface area contributed by atoms with Gasteiger partial charge in [0.15, 0.2) is 0 Å². The third-order valence-electron chi connectivity index (χ3n) is 5.04. The fourth-order valence-corrected chi connectivity index (χ4v) is 3.40. The van der Waals surface area contributed by atoms with Gasteiger partial charge in [0.05, 0.1) is 11.6 Å². The normalized spacial score (nSPS) is 18.2. The highest BCUT2D eigenvalue weighted by Gasteiger charge is 2.49. The molecule has 4 amide bonds. The smallest absolute Gasteiger partial charge is 0.325 e. The Bertz CT molecular complexity index is 1050. The lowest BCUT2D eigenvalue weighted by molar-refractivity contribution is -0.138. The number of halogens is 2. The summed E-state index contributed by atoms with van der Waals surface area (Å²) >= 11 is 6.00. The molecule has 1 atom stereocenters. The number of rotatable bonds is 5. The molecule has 0 bridgehead atoms. The number of amides is 4. The molecule has 1 aliphatic heterocycles. The molecule has 0 spiro atoms. The Balaban J connectivity index is 1.74. The number of nitriles is 1. The highest BCUT2D eigenvalue weighted by atomic mass is 35.5. The van der Waals surface area contributed by atoms with E-state index in [1.807, 2.05) is 6.07 Å². The lowest BCUT2D eigenvalue weighted by Gasteiger charge is -2.23. The predicted molar refractivity (Wildman–Crippen MR) is 107 cm³/mol. The zero-order valence-corrected chi connectivity index (χ0v) is 17.0. The Morgan fingerprint density at radius 3 is 2.53 bits per heavy atom. The molecule has 0 aromatic heterocycles. The molecule has 1 unspecified atom stereocenters. The Labute approximate surface area is 177 Å². The summed E-state index contributed by atoms with van der Waals surface area (Å²) in [6.07, 6.45) is 0. The average Bonchev–Trinajstić information content (AvgIpc) is 2.94. The molecule has 1 heterocycles. The van der Waals surface area contributed by atoms with Crippen LogP contribution < -0.4 is 5.32 Å². The summed E-state index contributed by atoms with van der Waals surface area (Å²) in [7, 11) is 1.43. The van der Waals surface area contributed by atoms with E-state index in [2.05, 4.69) is 5.32 Å². The molecule has 1 N–H and O–H groups in total. The third-order valence-corrected chi connectivity index (χ3v) is 5.40. The van der Waals surface area contributed by atoms with Gasteiger partial charge in [-0.3, -0.25) is 14.5 Å². The number of nitrogens with zero attached hydrogens (tertiary/aromatic N) is 3. The first kappa shape index (κ1) is 21.3. The van der Waals surface area contributed by atoms with Crippen molar-refractivity contribution in [2.45, 2.75) is 19.0 Å². The Kier molecular flexibility index (Phi) is 5.76. The van der Waals surface area contributed by atoms with Crippen LogP contribution in [0.1, 0.15) is 23.6 Å². The number of benzene rings is 2. The van der Waals surface area contributed by atoms with Gasteiger partial charge >= 0.3 is 6.03 Å². The number of carbonyl (C=O) groups is 3. The second kappa shape index (κ2) is 8.13. The van der Waals surface area contributed by atoms with Crippen LogP contribution in [0.2, 0.25) is 5.02 Å². The maximum Gasteiger partial charge on any atom is 0.325 e. The quantitative estimate of drug-likeness (QED) is 0.741. The highest BCUT2D eigenvalue weighted by Crippen LogP contribution is 2.29. The van der Waals surface area contributed by atoms with Crippen LogP contribution in [-0.4, -0.2) is 41.2 Å². The van der Waals surface area contributed by atoms with Crippen molar-refractivity contribution in [3.63, 3.8) is 0 Å². The molecule has 1 fully saturated rings. The van der Waals surface area contributed by atoms with Gasteiger partial charge < -0.3 is 10.2 Å². The first-order valence-corrected chi connectivity index (χ1v) is 9.36. The van der Waals surface area contributed by atoms with Crippen LogP contribution in [0.5, 0.6) is 0 Å². The minimum atomic E-state index is -1.36. The summed E-state index contributed by atoms with van der Waals surface area (Å²) in [5.74, 6) is -1.70. The van der Waals surface area contributed by atoms with Crippen molar-refractivity contribution in [3.05, 3.63) is 70.0 Å². The molecule has 1 aliphatic rings. The van der Waals surface area contributed by atoms with Crippen LogP contribution in [0, 0.1) is 17.1 Å². The van der Waals surface area contributed by atoms with E-state index in [-0.39, 0.29) is 17.1 Å². The molecule has 1 saturated heterocycles. The van der Waals surface area contributed by atoms with E-state index in [1.165, 1.54) is 37.1 Å². The van der Waals surface area contributed by atoms with Crippen LogP contribution >= 0.6 is 11.6 Å². The zero-order chi connectivity index (χ0) is 22.1. The van der Waals surface area contributed by atoms with Crippen molar-refractivity contribution in [3.8, 4) is 6.07 Å². The van der Waals surface area contributed by atoms with Crippen molar-refractivity contribution in [1.29, 1.82) is 5.26 Å².